The van der Waals surface area contributed by atoms with Crippen molar-refractivity contribution in [1.82, 2.24) is 14.9 Å². The van der Waals surface area contributed by atoms with Crippen LogP contribution in [0.5, 0.6) is 0 Å². The van der Waals surface area contributed by atoms with Crippen LogP contribution in [-0.4, -0.2) is 48.0 Å². The molecule has 0 radical (unpaired) electrons. The summed E-state index contributed by atoms with van der Waals surface area (Å²) in [6.07, 6.45) is 1.78. The second kappa shape index (κ2) is 8.71. The number of hydrogen-bond acceptors (Lipinski definition) is 4. The summed E-state index contributed by atoms with van der Waals surface area (Å²) >= 11 is 7.85. The Hall–Kier alpha value is -2.12. The molecule has 0 unspecified atom stereocenters. The molecule has 4 rings (SSSR count). The third kappa shape index (κ3) is 4.12. The van der Waals surface area contributed by atoms with Crippen LogP contribution in [0.25, 0.3) is 21.1 Å². The Labute approximate surface area is 184 Å². The molecule has 1 amide bonds. The van der Waals surface area contributed by atoms with Crippen molar-refractivity contribution < 1.29 is 4.79 Å². The van der Waals surface area contributed by atoms with Crippen molar-refractivity contribution in [3.05, 3.63) is 58.7 Å². The third-order valence-corrected chi connectivity index (χ3v) is 6.29. The molecule has 0 atom stereocenters. The Bertz CT molecular complexity index is 1130. The molecule has 0 fully saturated rings. The van der Waals surface area contributed by atoms with E-state index in [0.29, 0.717) is 22.3 Å². The monoisotopic (exact) mass is 448 g/mol. The average molecular weight is 449 g/mol. The van der Waals surface area contributed by atoms with Gasteiger partial charge in [-0.15, -0.1) is 12.4 Å². The molecule has 2 heterocycles. The minimum absolute atomic E-state index is 0. The summed E-state index contributed by atoms with van der Waals surface area (Å²) in [4.78, 5) is 25.3. The number of carbonyl (C=O) groups excluding carboxylic acids is 1. The number of aromatic nitrogens is 2. The second-order valence-electron chi connectivity index (χ2n) is 7.05. The van der Waals surface area contributed by atoms with E-state index in [4.69, 9.17) is 16.6 Å². The molecule has 0 aliphatic heterocycles. The molecule has 0 saturated carbocycles. The van der Waals surface area contributed by atoms with E-state index < -0.39 is 0 Å². The zero-order valence-corrected chi connectivity index (χ0v) is 18.8. The molecule has 0 spiro atoms. The smallest absolute Gasteiger partial charge is 0.262 e. The Morgan fingerprint density at radius 1 is 1.17 bits per heavy atom. The van der Waals surface area contributed by atoms with Crippen molar-refractivity contribution in [2.24, 2.45) is 0 Å². The SMILES string of the molecule is Cc1ccc(Cl)c2sc(N(CCN(C)C)C(=O)c3c[nH]c4ccccc34)nc12.Cl. The fourth-order valence-corrected chi connectivity index (χ4v) is 4.53. The molecule has 0 aliphatic rings. The molecule has 29 heavy (non-hydrogen) atoms. The highest BCUT2D eigenvalue weighted by Crippen LogP contribution is 2.36. The number of aromatic amines is 1. The van der Waals surface area contributed by atoms with Gasteiger partial charge in [-0.3, -0.25) is 9.69 Å². The summed E-state index contributed by atoms with van der Waals surface area (Å²) in [6.45, 7) is 3.28. The lowest BCUT2D eigenvalue weighted by Crippen LogP contribution is -2.36. The van der Waals surface area contributed by atoms with Gasteiger partial charge >= 0.3 is 0 Å². The number of fused-ring (bicyclic) bond motifs is 2. The lowest BCUT2D eigenvalue weighted by molar-refractivity contribution is 0.0987. The van der Waals surface area contributed by atoms with E-state index >= 15 is 0 Å². The van der Waals surface area contributed by atoms with Crippen LogP contribution >= 0.6 is 35.3 Å². The standard InChI is InChI=1S/C21H21ClN4OS.ClH/c1-13-8-9-16(22)19-18(13)24-21(28-19)26(11-10-25(2)3)20(27)15-12-23-17-7-5-4-6-14(15)17;/h4-9,12,23H,10-11H2,1-3H3;1H. The first kappa shape index (κ1) is 21.6. The highest BCUT2D eigenvalue weighted by atomic mass is 35.5. The van der Waals surface area contributed by atoms with Gasteiger partial charge in [0.05, 0.1) is 20.8 Å². The summed E-state index contributed by atoms with van der Waals surface area (Å²) in [5, 5.41) is 2.25. The molecule has 152 valence electrons. The number of amides is 1. The number of anilines is 1. The van der Waals surface area contributed by atoms with Gasteiger partial charge in [-0.1, -0.05) is 47.2 Å². The summed E-state index contributed by atoms with van der Waals surface area (Å²) in [6, 6.07) is 11.7. The van der Waals surface area contributed by atoms with Crippen LogP contribution < -0.4 is 4.90 Å². The minimum atomic E-state index is -0.0628. The van der Waals surface area contributed by atoms with E-state index in [1.807, 2.05) is 57.4 Å². The van der Waals surface area contributed by atoms with E-state index in [0.717, 1.165) is 33.2 Å². The van der Waals surface area contributed by atoms with Gasteiger partial charge in [0.25, 0.3) is 5.91 Å². The number of hydrogen-bond donors (Lipinski definition) is 1. The molecular weight excluding hydrogens is 427 g/mol. The Morgan fingerprint density at radius 2 is 1.93 bits per heavy atom. The molecular formula is C21H22Cl2N4OS. The topological polar surface area (TPSA) is 52.2 Å². The van der Waals surface area contributed by atoms with Crippen molar-refractivity contribution >= 4 is 67.5 Å². The normalized spacial score (nSPS) is 11.2. The molecule has 2 aromatic heterocycles. The number of thiazole rings is 1. The Kier molecular flexibility index (Phi) is 6.49. The first-order valence-electron chi connectivity index (χ1n) is 9.04. The van der Waals surface area contributed by atoms with Crippen molar-refractivity contribution in [1.29, 1.82) is 0 Å². The van der Waals surface area contributed by atoms with Crippen LogP contribution in [0.1, 0.15) is 15.9 Å². The highest BCUT2D eigenvalue weighted by molar-refractivity contribution is 7.23. The summed E-state index contributed by atoms with van der Waals surface area (Å²) in [7, 11) is 3.99. The maximum atomic E-state index is 13.5. The van der Waals surface area contributed by atoms with E-state index in [9.17, 15) is 4.79 Å². The van der Waals surface area contributed by atoms with Gasteiger partial charge in [-0.05, 0) is 38.7 Å². The number of rotatable bonds is 5. The van der Waals surface area contributed by atoms with Crippen LogP contribution in [-0.2, 0) is 0 Å². The summed E-state index contributed by atoms with van der Waals surface area (Å²) in [5.41, 5.74) is 3.50. The number of benzene rings is 2. The maximum Gasteiger partial charge on any atom is 0.262 e. The number of carbonyl (C=O) groups is 1. The van der Waals surface area contributed by atoms with Gasteiger partial charge in [0, 0.05) is 30.2 Å². The van der Waals surface area contributed by atoms with Crippen LogP contribution in [0.15, 0.2) is 42.6 Å². The first-order chi connectivity index (χ1) is 13.5. The van der Waals surface area contributed by atoms with Crippen LogP contribution in [0, 0.1) is 6.92 Å². The molecule has 8 heteroatoms. The quantitative estimate of drug-likeness (QED) is 0.446. The fourth-order valence-electron chi connectivity index (χ4n) is 3.18. The fraction of sp³-hybridized carbons (Fsp3) is 0.238. The number of likely N-dealkylation sites (N-methyl/N-ethyl adjacent to an activating group) is 1. The number of para-hydroxylation sites is 1. The molecule has 2 aromatic carbocycles. The van der Waals surface area contributed by atoms with Crippen molar-refractivity contribution in [2.75, 3.05) is 32.1 Å². The van der Waals surface area contributed by atoms with Gasteiger partial charge in [0.1, 0.15) is 0 Å². The molecule has 0 aliphatic carbocycles. The van der Waals surface area contributed by atoms with E-state index in [1.165, 1.54) is 11.3 Å². The van der Waals surface area contributed by atoms with E-state index in [1.54, 1.807) is 11.1 Å². The van der Waals surface area contributed by atoms with Crippen molar-refractivity contribution in [3.8, 4) is 0 Å². The lowest BCUT2D eigenvalue weighted by Gasteiger charge is -2.21. The predicted octanol–water partition coefficient (Wildman–Crippen LogP) is 5.37. The van der Waals surface area contributed by atoms with Crippen LogP contribution in [0.3, 0.4) is 0 Å². The van der Waals surface area contributed by atoms with E-state index in [-0.39, 0.29) is 18.3 Å². The van der Waals surface area contributed by atoms with E-state index in [2.05, 4.69) is 9.88 Å². The molecule has 5 nitrogen and oxygen atoms in total. The number of nitrogens with zero attached hydrogens (tertiary/aromatic N) is 3. The van der Waals surface area contributed by atoms with Crippen LogP contribution in [0.4, 0.5) is 5.13 Å². The zero-order valence-electron chi connectivity index (χ0n) is 16.4. The Balaban J connectivity index is 0.00000240. The molecule has 0 saturated heterocycles. The number of nitrogens with one attached hydrogen (secondary N) is 1. The first-order valence-corrected chi connectivity index (χ1v) is 10.2. The number of aryl methyl sites for hydroxylation is 1. The van der Waals surface area contributed by atoms with Gasteiger partial charge in [-0.25, -0.2) is 4.98 Å². The predicted molar refractivity (Wildman–Crippen MR) is 125 cm³/mol. The van der Waals surface area contributed by atoms with Crippen LogP contribution in [0.2, 0.25) is 5.02 Å². The van der Waals surface area contributed by atoms with Gasteiger partial charge in [0.2, 0.25) is 0 Å². The van der Waals surface area contributed by atoms with Gasteiger partial charge in [-0.2, -0.15) is 0 Å². The summed E-state index contributed by atoms with van der Waals surface area (Å²) < 4.78 is 0.915. The highest BCUT2D eigenvalue weighted by Gasteiger charge is 2.24. The zero-order chi connectivity index (χ0) is 19.8. The van der Waals surface area contributed by atoms with Crippen molar-refractivity contribution in [3.63, 3.8) is 0 Å². The molecule has 1 N–H and O–H groups in total. The largest absolute Gasteiger partial charge is 0.360 e. The average Bonchev–Trinajstić information content (AvgIpc) is 3.30. The Morgan fingerprint density at radius 3 is 2.66 bits per heavy atom. The molecule has 0 bridgehead atoms. The van der Waals surface area contributed by atoms with Gasteiger partial charge in [0.15, 0.2) is 5.13 Å². The lowest BCUT2D eigenvalue weighted by atomic mass is 10.1. The van der Waals surface area contributed by atoms with Crippen molar-refractivity contribution in [2.45, 2.75) is 6.92 Å². The summed E-state index contributed by atoms with van der Waals surface area (Å²) in [5.74, 6) is -0.0628. The maximum absolute atomic E-state index is 13.5. The number of halogens is 2. The van der Waals surface area contributed by atoms with Gasteiger partial charge < -0.3 is 9.88 Å². The third-order valence-electron chi connectivity index (χ3n) is 4.75. The molecule has 4 aromatic rings. The second-order valence-corrected chi connectivity index (χ2v) is 8.43. The minimum Gasteiger partial charge on any atom is -0.360 e. The number of H-pyrrole nitrogens is 1.